The number of hydrogen-bond acceptors (Lipinski definition) is 4. The number of phenolic OH excluding ortho intramolecular Hbond substituents is 1. The molecule has 1 saturated heterocycles. The molecular formula is C18H21FN2O2. The van der Waals surface area contributed by atoms with Gasteiger partial charge in [0.1, 0.15) is 11.6 Å². The van der Waals surface area contributed by atoms with Gasteiger partial charge in [0.25, 0.3) is 0 Å². The van der Waals surface area contributed by atoms with Crippen LogP contribution in [0.2, 0.25) is 0 Å². The molecule has 0 radical (unpaired) electrons. The summed E-state index contributed by atoms with van der Waals surface area (Å²) in [5, 5.41) is 19.6. The second-order valence-electron chi connectivity index (χ2n) is 5.87. The highest BCUT2D eigenvalue weighted by molar-refractivity contribution is 5.49. The number of benzene rings is 2. The molecule has 0 aromatic heterocycles. The molecule has 2 aromatic rings. The van der Waals surface area contributed by atoms with Crippen molar-refractivity contribution in [1.29, 1.82) is 0 Å². The first-order valence-electron chi connectivity index (χ1n) is 7.82. The van der Waals surface area contributed by atoms with E-state index < -0.39 is 6.10 Å². The Hall–Kier alpha value is -2.11. The van der Waals surface area contributed by atoms with Crippen LogP contribution in [0.1, 0.15) is 11.7 Å². The molecule has 1 atom stereocenters. The average molecular weight is 316 g/mol. The van der Waals surface area contributed by atoms with Crippen LogP contribution in [0.5, 0.6) is 5.75 Å². The predicted octanol–water partition coefficient (Wildman–Crippen LogP) is 2.39. The predicted molar refractivity (Wildman–Crippen MR) is 88.1 cm³/mol. The monoisotopic (exact) mass is 316 g/mol. The van der Waals surface area contributed by atoms with E-state index in [0.717, 1.165) is 37.4 Å². The molecule has 23 heavy (non-hydrogen) atoms. The average Bonchev–Trinajstić information content (AvgIpc) is 2.57. The number of halogens is 1. The highest BCUT2D eigenvalue weighted by atomic mass is 19.1. The summed E-state index contributed by atoms with van der Waals surface area (Å²) < 4.78 is 12.9. The van der Waals surface area contributed by atoms with Crippen LogP contribution in [0.4, 0.5) is 10.1 Å². The Kier molecular flexibility index (Phi) is 4.79. The molecule has 1 aliphatic heterocycles. The van der Waals surface area contributed by atoms with Gasteiger partial charge in [-0.15, -0.1) is 0 Å². The summed E-state index contributed by atoms with van der Waals surface area (Å²) in [5.41, 5.74) is 1.84. The molecule has 1 unspecified atom stereocenters. The van der Waals surface area contributed by atoms with Gasteiger partial charge in [-0.2, -0.15) is 0 Å². The van der Waals surface area contributed by atoms with Crippen molar-refractivity contribution in [3.63, 3.8) is 0 Å². The smallest absolute Gasteiger partial charge is 0.123 e. The molecule has 0 spiro atoms. The van der Waals surface area contributed by atoms with E-state index in [1.165, 1.54) is 12.1 Å². The largest absolute Gasteiger partial charge is 0.508 e. The zero-order valence-corrected chi connectivity index (χ0v) is 12.9. The van der Waals surface area contributed by atoms with Gasteiger partial charge in [0.2, 0.25) is 0 Å². The van der Waals surface area contributed by atoms with Gasteiger partial charge in [-0.25, -0.2) is 4.39 Å². The Morgan fingerprint density at radius 2 is 1.52 bits per heavy atom. The van der Waals surface area contributed by atoms with Crippen LogP contribution < -0.4 is 4.90 Å². The quantitative estimate of drug-likeness (QED) is 0.909. The minimum atomic E-state index is -0.601. The number of piperazine rings is 1. The third-order valence-electron chi connectivity index (χ3n) is 4.27. The van der Waals surface area contributed by atoms with Crippen LogP contribution in [-0.2, 0) is 0 Å². The molecule has 3 rings (SSSR count). The molecule has 0 amide bonds. The van der Waals surface area contributed by atoms with Gasteiger partial charge in [0, 0.05) is 38.4 Å². The minimum Gasteiger partial charge on any atom is -0.508 e. The summed E-state index contributed by atoms with van der Waals surface area (Å²) in [6.07, 6.45) is -0.601. The van der Waals surface area contributed by atoms with Crippen molar-refractivity contribution in [3.8, 4) is 5.75 Å². The Morgan fingerprint density at radius 1 is 0.913 bits per heavy atom. The van der Waals surface area contributed by atoms with E-state index in [4.69, 9.17) is 0 Å². The van der Waals surface area contributed by atoms with E-state index in [0.29, 0.717) is 6.54 Å². The topological polar surface area (TPSA) is 46.9 Å². The maximum atomic E-state index is 12.9. The van der Waals surface area contributed by atoms with Crippen molar-refractivity contribution >= 4 is 5.69 Å². The normalized spacial score (nSPS) is 17.2. The summed E-state index contributed by atoms with van der Waals surface area (Å²) >= 11 is 0. The molecule has 1 aliphatic rings. The van der Waals surface area contributed by atoms with E-state index in [9.17, 15) is 14.6 Å². The van der Waals surface area contributed by atoms with Crippen LogP contribution >= 0.6 is 0 Å². The van der Waals surface area contributed by atoms with Crippen molar-refractivity contribution in [2.24, 2.45) is 0 Å². The first kappa shape index (κ1) is 15.8. The number of hydrogen-bond donors (Lipinski definition) is 2. The van der Waals surface area contributed by atoms with Gasteiger partial charge < -0.3 is 15.1 Å². The van der Waals surface area contributed by atoms with Crippen LogP contribution in [0.15, 0.2) is 48.5 Å². The fourth-order valence-electron chi connectivity index (χ4n) is 2.89. The molecule has 2 aromatic carbocycles. The van der Waals surface area contributed by atoms with E-state index in [-0.39, 0.29) is 11.6 Å². The third kappa shape index (κ3) is 4.00. The van der Waals surface area contributed by atoms with Gasteiger partial charge in [-0.05, 0) is 42.0 Å². The second-order valence-corrected chi connectivity index (χ2v) is 5.87. The Balaban J connectivity index is 1.52. The van der Waals surface area contributed by atoms with Crippen molar-refractivity contribution in [2.45, 2.75) is 6.10 Å². The molecule has 0 aliphatic carbocycles. The number of β-amino-alcohol motifs (C(OH)–C–C–N with tert-alkyl or cyclic N) is 1. The van der Waals surface area contributed by atoms with Crippen molar-refractivity contribution in [1.82, 2.24) is 4.90 Å². The summed E-state index contributed by atoms with van der Waals surface area (Å²) in [6, 6.07) is 13.2. The molecular weight excluding hydrogens is 295 g/mol. The van der Waals surface area contributed by atoms with Gasteiger partial charge in [-0.1, -0.05) is 12.1 Å². The fourth-order valence-corrected chi connectivity index (χ4v) is 2.89. The lowest BCUT2D eigenvalue weighted by molar-refractivity contribution is 0.109. The maximum absolute atomic E-state index is 12.9. The zero-order chi connectivity index (χ0) is 16.2. The van der Waals surface area contributed by atoms with Gasteiger partial charge in [0.15, 0.2) is 0 Å². The zero-order valence-electron chi connectivity index (χ0n) is 12.9. The standard InChI is InChI=1S/C18H21FN2O2/c19-15-3-1-14(2-4-15)18(23)13-20-9-11-21(12-10-20)16-5-7-17(22)8-6-16/h1-8,18,22-23H,9-13H2. The van der Waals surface area contributed by atoms with Crippen molar-refractivity contribution in [3.05, 3.63) is 59.9 Å². The molecule has 2 N–H and O–H groups in total. The van der Waals surface area contributed by atoms with Crippen LogP contribution in [-0.4, -0.2) is 47.8 Å². The highest BCUT2D eigenvalue weighted by Gasteiger charge is 2.20. The van der Waals surface area contributed by atoms with E-state index in [1.54, 1.807) is 24.3 Å². The van der Waals surface area contributed by atoms with Crippen molar-refractivity contribution in [2.75, 3.05) is 37.6 Å². The summed E-state index contributed by atoms with van der Waals surface area (Å²) in [6.45, 7) is 4.02. The lowest BCUT2D eigenvalue weighted by atomic mass is 10.1. The molecule has 1 heterocycles. The minimum absolute atomic E-state index is 0.273. The van der Waals surface area contributed by atoms with Gasteiger partial charge in [-0.3, -0.25) is 4.90 Å². The summed E-state index contributed by atoms with van der Waals surface area (Å²) in [7, 11) is 0. The van der Waals surface area contributed by atoms with Gasteiger partial charge in [0.05, 0.1) is 6.10 Å². The number of rotatable bonds is 4. The first-order chi connectivity index (χ1) is 11.1. The number of aliphatic hydroxyl groups excluding tert-OH is 1. The number of phenols is 1. The second kappa shape index (κ2) is 6.98. The first-order valence-corrected chi connectivity index (χ1v) is 7.82. The lowest BCUT2D eigenvalue weighted by Crippen LogP contribution is -2.47. The molecule has 122 valence electrons. The Labute approximate surface area is 135 Å². The SMILES string of the molecule is Oc1ccc(N2CCN(CC(O)c3ccc(F)cc3)CC2)cc1. The number of aromatic hydroxyl groups is 1. The molecule has 1 fully saturated rings. The van der Waals surface area contributed by atoms with Crippen molar-refractivity contribution < 1.29 is 14.6 Å². The van der Waals surface area contributed by atoms with Gasteiger partial charge >= 0.3 is 0 Å². The van der Waals surface area contributed by atoms with Crippen LogP contribution in [0, 0.1) is 5.82 Å². The molecule has 0 bridgehead atoms. The number of anilines is 1. The molecule has 0 saturated carbocycles. The third-order valence-corrected chi connectivity index (χ3v) is 4.27. The molecule has 5 heteroatoms. The van der Waals surface area contributed by atoms with E-state index in [2.05, 4.69) is 9.80 Å². The number of nitrogens with zero attached hydrogens (tertiary/aromatic N) is 2. The lowest BCUT2D eigenvalue weighted by Gasteiger charge is -2.37. The molecule has 4 nitrogen and oxygen atoms in total. The van der Waals surface area contributed by atoms with E-state index in [1.807, 2.05) is 12.1 Å². The Morgan fingerprint density at radius 3 is 2.13 bits per heavy atom. The van der Waals surface area contributed by atoms with E-state index >= 15 is 0 Å². The summed E-state index contributed by atoms with van der Waals surface area (Å²) in [5.74, 6) is -0.0155. The fraction of sp³-hybridized carbons (Fsp3) is 0.333. The summed E-state index contributed by atoms with van der Waals surface area (Å²) in [4.78, 5) is 4.48. The van der Waals surface area contributed by atoms with Crippen LogP contribution in [0.3, 0.4) is 0 Å². The Bertz CT molecular complexity index is 622. The maximum Gasteiger partial charge on any atom is 0.123 e. The number of aliphatic hydroxyl groups is 1. The van der Waals surface area contributed by atoms with Crippen LogP contribution in [0.25, 0.3) is 0 Å². The highest BCUT2D eigenvalue weighted by Crippen LogP contribution is 2.21.